The van der Waals surface area contributed by atoms with Gasteiger partial charge in [0.15, 0.2) is 0 Å². The summed E-state index contributed by atoms with van der Waals surface area (Å²) in [5.41, 5.74) is 0.638. The van der Waals surface area contributed by atoms with E-state index in [1.165, 1.54) is 0 Å². The molecule has 6 heteroatoms. The van der Waals surface area contributed by atoms with Crippen LogP contribution in [0.2, 0.25) is 5.02 Å². The second kappa shape index (κ2) is 5.89. The molecule has 2 heterocycles. The Kier molecular flexibility index (Phi) is 4.10. The normalized spacial score (nSPS) is 25.8. The van der Waals surface area contributed by atoms with Crippen molar-refractivity contribution in [1.29, 1.82) is 0 Å². The van der Waals surface area contributed by atoms with E-state index in [1.807, 2.05) is 29.2 Å². The van der Waals surface area contributed by atoms with Crippen LogP contribution in [0.5, 0.6) is 0 Å². The molecule has 1 aromatic carbocycles. The first-order valence-corrected chi connectivity index (χ1v) is 7.85. The highest BCUT2D eigenvalue weighted by molar-refractivity contribution is 6.34. The fraction of sp³-hybridized carbons (Fsp3) is 0.500. The van der Waals surface area contributed by atoms with E-state index >= 15 is 0 Å². The van der Waals surface area contributed by atoms with Crippen LogP contribution in [0.15, 0.2) is 29.4 Å². The molecule has 1 atom stereocenters. The standard InChI is InChI=1S/C16H20ClN3O2/c1-16(15(21)20-9-7-19(2)8-10-20)11-14(18-22-16)12-5-3-4-6-13(12)17/h3-6H,7-11H2,1-2H3/t16-/m0/s1. The van der Waals surface area contributed by atoms with Crippen LogP contribution in [0.3, 0.4) is 0 Å². The van der Waals surface area contributed by atoms with Crippen LogP contribution < -0.4 is 0 Å². The summed E-state index contributed by atoms with van der Waals surface area (Å²) in [7, 11) is 2.06. The summed E-state index contributed by atoms with van der Waals surface area (Å²) in [4.78, 5) is 22.4. The predicted octanol–water partition coefficient (Wildman–Crippen LogP) is 2.00. The van der Waals surface area contributed by atoms with E-state index in [0.29, 0.717) is 11.4 Å². The smallest absolute Gasteiger partial charge is 0.269 e. The van der Waals surface area contributed by atoms with Crippen molar-refractivity contribution in [1.82, 2.24) is 9.80 Å². The zero-order chi connectivity index (χ0) is 15.7. The molecule has 0 N–H and O–H groups in total. The van der Waals surface area contributed by atoms with Crippen LogP contribution >= 0.6 is 11.6 Å². The van der Waals surface area contributed by atoms with E-state index in [2.05, 4.69) is 17.1 Å². The molecule has 22 heavy (non-hydrogen) atoms. The van der Waals surface area contributed by atoms with Crippen molar-refractivity contribution >= 4 is 23.2 Å². The minimum absolute atomic E-state index is 0.00593. The molecule has 0 unspecified atom stereocenters. The largest absolute Gasteiger partial charge is 0.379 e. The van der Waals surface area contributed by atoms with Gasteiger partial charge in [0.25, 0.3) is 5.91 Å². The Balaban J connectivity index is 1.72. The number of amides is 1. The summed E-state index contributed by atoms with van der Waals surface area (Å²) in [6.45, 7) is 5.05. The minimum Gasteiger partial charge on any atom is -0.379 e. The van der Waals surface area contributed by atoms with E-state index in [9.17, 15) is 4.79 Å². The Bertz CT molecular complexity index is 611. The third kappa shape index (κ3) is 2.83. The molecule has 1 aromatic rings. The van der Waals surface area contributed by atoms with Gasteiger partial charge in [-0.25, -0.2) is 0 Å². The molecule has 1 amide bonds. The van der Waals surface area contributed by atoms with Crippen LogP contribution in [-0.2, 0) is 9.63 Å². The van der Waals surface area contributed by atoms with Gasteiger partial charge in [-0.2, -0.15) is 0 Å². The number of carbonyl (C=O) groups is 1. The van der Waals surface area contributed by atoms with Crippen LogP contribution in [0.1, 0.15) is 18.9 Å². The number of benzene rings is 1. The van der Waals surface area contributed by atoms with Crippen molar-refractivity contribution in [2.24, 2.45) is 5.16 Å². The van der Waals surface area contributed by atoms with Crippen LogP contribution in [-0.4, -0.2) is 60.2 Å². The minimum atomic E-state index is -0.926. The van der Waals surface area contributed by atoms with Crippen molar-refractivity contribution in [3.8, 4) is 0 Å². The van der Waals surface area contributed by atoms with Crippen molar-refractivity contribution in [3.05, 3.63) is 34.9 Å². The fourth-order valence-electron chi connectivity index (χ4n) is 2.84. The quantitative estimate of drug-likeness (QED) is 0.837. The van der Waals surface area contributed by atoms with Gasteiger partial charge in [-0.15, -0.1) is 0 Å². The summed E-state index contributed by atoms with van der Waals surface area (Å²) >= 11 is 6.20. The first kappa shape index (κ1) is 15.3. The summed E-state index contributed by atoms with van der Waals surface area (Å²) in [6.07, 6.45) is 0.446. The molecule has 2 aliphatic heterocycles. The topological polar surface area (TPSA) is 45.1 Å². The van der Waals surface area contributed by atoms with Gasteiger partial charge in [-0.3, -0.25) is 4.79 Å². The highest BCUT2D eigenvalue weighted by atomic mass is 35.5. The average Bonchev–Trinajstić information content (AvgIpc) is 2.91. The molecule has 0 spiro atoms. The predicted molar refractivity (Wildman–Crippen MR) is 86.2 cm³/mol. The molecule has 2 aliphatic rings. The molecule has 0 aliphatic carbocycles. The Morgan fingerprint density at radius 3 is 2.64 bits per heavy atom. The second-order valence-corrected chi connectivity index (χ2v) is 6.52. The zero-order valence-corrected chi connectivity index (χ0v) is 13.6. The molecule has 5 nitrogen and oxygen atoms in total. The molecule has 0 radical (unpaired) electrons. The van der Waals surface area contributed by atoms with Gasteiger partial charge in [-0.1, -0.05) is 35.0 Å². The van der Waals surface area contributed by atoms with Crippen LogP contribution in [0.25, 0.3) is 0 Å². The van der Waals surface area contributed by atoms with Gasteiger partial charge >= 0.3 is 0 Å². The Morgan fingerprint density at radius 1 is 1.27 bits per heavy atom. The highest BCUT2D eigenvalue weighted by Gasteiger charge is 2.45. The highest BCUT2D eigenvalue weighted by Crippen LogP contribution is 2.31. The number of nitrogens with zero attached hydrogens (tertiary/aromatic N) is 3. The molecule has 1 saturated heterocycles. The third-order valence-corrected chi connectivity index (χ3v) is 4.62. The summed E-state index contributed by atoms with van der Waals surface area (Å²) in [5, 5.41) is 4.75. The lowest BCUT2D eigenvalue weighted by Gasteiger charge is -2.36. The lowest BCUT2D eigenvalue weighted by molar-refractivity contribution is -0.154. The summed E-state index contributed by atoms with van der Waals surface area (Å²) in [5.74, 6) is 0.00593. The SMILES string of the molecule is CN1CCN(C(=O)[C@]2(C)CC(c3ccccc3Cl)=NO2)CC1. The lowest BCUT2D eigenvalue weighted by atomic mass is 9.94. The van der Waals surface area contributed by atoms with E-state index in [0.717, 1.165) is 37.5 Å². The molecule has 1 fully saturated rings. The lowest BCUT2D eigenvalue weighted by Crippen LogP contribution is -2.54. The van der Waals surface area contributed by atoms with E-state index in [1.54, 1.807) is 6.92 Å². The Morgan fingerprint density at radius 2 is 1.95 bits per heavy atom. The molecule has 0 saturated carbocycles. The van der Waals surface area contributed by atoms with Crippen molar-refractivity contribution in [3.63, 3.8) is 0 Å². The van der Waals surface area contributed by atoms with Gasteiger partial charge in [0.05, 0.1) is 5.71 Å². The third-order valence-electron chi connectivity index (χ3n) is 4.29. The number of likely N-dealkylation sites (N-methyl/N-ethyl adjacent to an activating group) is 1. The monoisotopic (exact) mass is 321 g/mol. The van der Waals surface area contributed by atoms with Crippen molar-refractivity contribution in [2.75, 3.05) is 33.2 Å². The number of piperazine rings is 1. The molecule has 118 valence electrons. The number of carbonyl (C=O) groups excluding carboxylic acids is 1. The molecular weight excluding hydrogens is 302 g/mol. The number of oxime groups is 1. The van der Waals surface area contributed by atoms with Crippen molar-refractivity contribution in [2.45, 2.75) is 18.9 Å². The number of hydrogen-bond donors (Lipinski definition) is 0. The number of hydrogen-bond acceptors (Lipinski definition) is 4. The zero-order valence-electron chi connectivity index (χ0n) is 12.9. The van der Waals surface area contributed by atoms with E-state index in [-0.39, 0.29) is 5.91 Å². The first-order chi connectivity index (χ1) is 10.5. The fourth-order valence-corrected chi connectivity index (χ4v) is 3.08. The van der Waals surface area contributed by atoms with E-state index in [4.69, 9.17) is 16.4 Å². The number of rotatable bonds is 2. The summed E-state index contributed by atoms with van der Waals surface area (Å²) < 4.78 is 0. The molecule has 3 rings (SSSR count). The maximum Gasteiger partial charge on any atom is 0.269 e. The van der Waals surface area contributed by atoms with Gasteiger partial charge < -0.3 is 14.6 Å². The molecular formula is C16H20ClN3O2. The maximum absolute atomic E-state index is 12.8. The Hall–Kier alpha value is -1.59. The maximum atomic E-state index is 12.8. The average molecular weight is 322 g/mol. The van der Waals surface area contributed by atoms with Gasteiger partial charge in [0, 0.05) is 43.2 Å². The first-order valence-electron chi connectivity index (χ1n) is 7.47. The second-order valence-electron chi connectivity index (χ2n) is 6.11. The van der Waals surface area contributed by atoms with Gasteiger partial charge in [0.1, 0.15) is 0 Å². The summed E-state index contributed by atoms with van der Waals surface area (Å²) in [6, 6.07) is 7.49. The van der Waals surface area contributed by atoms with E-state index < -0.39 is 5.60 Å². The molecule has 0 bridgehead atoms. The van der Waals surface area contributed by atoms with Crippen molar-refractivity contribution < 1.29 is 9.63 Å². The van der Waals surface area contributed by atoms with Gasteiger partial charge in [-0.05, 0) is 20.0 Å². The Labute approximate surface area is 135 Å². The van der Waals surface area contributed by atoms with Crippen LogP contribution in [0.4, 0.5) is 0 Å². The van der Waals surface area contributed by atoms with Crippen LogP contribution in [0, 0.1) is 0 Å². The molecule has 0 aromatic heterocycles. The number of halogens is 1. The van der Waals surface area contributed by atoms with Gasteiger partial charge in [0.2, 0.25) is 5.60 Å².